The molecule has 0 aliphatic rings. The molecule has 32 heavy (non-hydrogen) atoms. The Balaban J connectivity index is 1.52. The van der Waals surface area contributed by atoms with Crippen LogP contribution in [0.15, 0.2) is 72.2 Å². The van der Waals surface area contributed by atoms with Crippen LogP contribution in [-0.4, -0.2) is 28.7 Å². The van der Waals surface area contributed by atoms with Gasteiger partial charge < -0.3 is 10.3 Å². The molecule has 4 rings (SSSR count). The van der Waals surface area contributed by atoms with Crippen molar-refractivity contribution in [2.75, 3.05) is 0 Å². The van der Waals surface area contributed by atoms with Crippen molar-refractivity contribution >= 4 is 40.0 Å². The molecule has 0 radical (unpaired) electrons. The fraction of sp³-hybridized carbons (Fsp3) is 0.0870. The molecule has 4 aromatic rings. The van der Waals surface area contributed by atoms with Gasteiger partial charge in [0.25, 0.3) is 17.7 Å². The van der Waals surface area contributed by atoms with Crippen molar-refractivity contribution in [3.63, 3.8) is 0 Å². The zero-order valence-electron chi connectivity index (χ0n) is 16.7. The summed E-state index contributed by atoms with van der Waals surface area (Å²) in [5.74, 6) is -2.04. The first kappa shape index (κ1) is 21.3. The van der Waals surface area contributed by atoms with Crippen molar-refractivity contribution < 1.29 is 18.8 Å². The van der Waals surface area contributed by atoms with E-state index in [0.717, 1.165) is 16.5 Å². The Bertz CT molecular complexity index is 1250. The van der Waals surface area contributed by atoms with Gasteiger partial charge in [-0.25, -0.2) is 4.39 Å². The summed E-state index contributed by atoms with van der Waals surface area (Å²) in [5, 5.41) is 5.35. The van der Waals surface area contributed by atoms with Gasteiger partial charge in [-0.05, 0) is 47.3 Å². The number of aromatic amines is 1. The summed E-state index contributed by atoms with van der Waals surface area (Å²) in [6, 6.07) is 15.0. The number of hydrogen-bond acceptors (Lipinski definition) is 4. The first-order chi connectivity index (χ1) is 15.5. The molecule has 1 unspecified atom stereocenters. The molecule has 0 bridgehead atoms. The maximum absolute atomic E-state index is 13.2. The number of thiophene rings is 1. The quantitative estimate of drug-likeness (QED) is 0.339. The molecule has 1 atom stereocenters. The lowest BCUT2D eigenvalue weighted by Gasteiger charge is -2.18. The van der Waals surface area contributed by atoms with E-state index in [-0.39, 0.29) is 12.0 Å². The second kappa shape index (κ2) is 9.44. The van der Waals surface area contributed by atoms with E-state index in [4.69, 9.17) is 0 Å². The Labute approximate surface area is 186 Å². The van der Waals surface area contributed by atoms with Gasteiger partial charge in [0.15, 0.2) is 0 Å². The Morgan fingerprint density at radius 3 is 2.47 bits per heavy atom. The fourth-order valence-electron chi connectivity index (χ4n) is 3.25. The number of hydrazine groups is 1. The molecule has 0 aliphatic carbocycles. The number of amides is 3. The standard InChI is InChI=1S/C23H19FN4O3S/c24-16-9-7-14(8-10-16)21(29)26-19(12-15-13-25-18-5-2-1-4-17(15)18)22(30)27-28-23(31)20-6-3-11-32-20/h1-11,13,19,25H,12H2,(H,26,29)(H,27,30)(H,28,31). The summed E-state index contributed by atoms with van der Waals surface area (Å²) in [7, 11) is 0. The number of carbonyl (C=O) groups excluding carboxylic acids is 3. The Hall–Kier alpha value is -3.98. The molecule has 2 aromatic carbocycles. The molecule has 7 nitrogen and oxygen atoms in total. The van der Waals surface area contributed by atoms with Crippen molar-refractivity contribution in [2.45, 2.75) is 12.5 Å². The molecular formula is C23H19FN4O3S. The molecule has 0 aliphatic heterocycles. The molecule has 0 fully saturated rings. The average molecular weight is 450 g/mol. The minimum Gasteiger partial charge on any atom is -0.361 e. The number of rotatable bonds is 6. The normalized spacial score (nSPS) is 11.7. The molecule has 4 N–H and O–H groups in total. The number of hydrogen-bond donors (Lipinski definition) is 4. The summed E-state index contributed by atoms with van der Waals surface area (Å²) < 4.78 is 13.2. The minimum absolute atomic E-state index is 0.178. The number of nitrogens with one attached hydrogen (secondary N) is 4. The van der Waals surface area contributed by atoms with E-state index in [1.54, 1.807) is 23.7 Å². The Morgan fingerprint density at radius 2 is 1.72 bits per heavy atom. The van der Waals surface area contributed by atoms with Gasteiger partial charge in [-0.15, -0.1) is 11.3 Å². The molecule has 2 aromatic heterocycles. The van der Waals surface area contributed by atoms with Crippen molar-refractivity contribution in [3.05, 3.63) is 94.1 Å². The molecule has 9 heteroatoms. The van der Waals surface area contributed by atoms with E-state index >= 15 is 0 Å². The van der Waals surface area contributed by atoms with Crippen LogP contribution in [0.5, 0.6) is 0 Å². The topological polar surface area (TPSA) is 103 Å². The van der Waals surface area contributed by atoms with Crippen LogP contribution in [0.3, 0.4) is 0 Å². The highest BCUT2D eigenvalue weighted by atomic mass is 32.1. The molecule has 162 valence electrons. The van der Waals surface area contributed by atoms with Gasteiger partial charge in [-0.1, -0.05) is 24.3 Å². The van der Waals surface area contributed by atoms with Gasteiger partial charge in [-0.2, -0.15) is 0 Å². The van der Waals surface area contributed by atoms with Gasteiger partial charge in [0.1, 0.15) is 11.9 Å². The predicted molar refractivity (Wildman–Crippen MR) is 120 cm³/mol. The van der Waals surface area contributed by atoms with Crippen molar-refractivity contribution in [2.24, 2.45) is 0 Å². The van der Waals surface area contributed by atoms with E-state index < -0.39 is 29.6 Å². The van der Waals surface area contributed by atoms with Gasteiger partial charge in [0.05, 0.1) is 4.88 Å². The molecule has 0 spiro atoms. The Morgan fingerprint density at radius 1 is 0.938 bits per heavy atom. The molecule has 0 saturated heterocycles. The highest BCUT2D eigenvalue weighted by Gasteiger charge is 2.24. The monoisotopic (exact) mass is 450 g/mol. The van der Waals surface area contributed by atoms with Crippen LogP contribution in [0.4, 0.5) is 4.39 Å². The minimum atomic E-state index is -0.990. The van der Waals surface area contributed by atoms with Crippen LogP contribution >= 0.6 is 11.3 Å². The fourth-order valence-corrected chi connectivity index (χ4v) is 3.87. The highest BCUT2D eigenvalue weighted by Crippen LogP contribution is 2.19. The second-order valence-electron chi connectivity index (χ2n) is 7.02. The lowest BCUT2D eigenvalue weighted by Crippen LogP contribution is -2.53. The predicted octanol–water partition coefficient (Wildman–Crippen LogP) is 3.17. The van der Waals surface area contributed by atoms with E-state index in [1.165, 1.54) is 35.6 Å². The molecule has 3 amide bonds. The van der Waals surface area contributed by atoms with Crippen LogP contribution < -0.4 is 16.2 Å². The molecule has 0 saturated carbocycles. The molecule has 2 heterocycles. The van der Waals surface area contributed by atoms with Crippen LogP contribution in [0.2, 0.25) is 0 Å². The smallest absolute Gasteiger partial charge is 0.279 e. The summed E-state index contributed by atoms with van der Waals surface area (Å²) in [5.41, 5.74) is 6.68. The van der Waals surface area contributed by atoms with E-state index in [0.29, 0.717) is 4.88 Å². The number of benzene rings is 2. The number of H-pyrrole nitrogens is 1. The van der Waals surface area contributed by atoms with Crippen molar-refractivity contribution in [1.29, 1.82) is 0 Å². The summed E-state index contributed by atoms with van der Waals surface area (Å²) in [6.45, 7) is 0. The highest BCUT2D eigenvalue weighted by molar-refractivity contribution is 7.12. The zero-order chi connectivity index (χ0) is 22.5. The van der Waals surface area contributed by atoms with Crippen molar-refractivity contribution in [1.82, 2.24) is 21.2 Å². The van der Waals surface area contributed by atoms with Gasteiger partial charge in [0.2, 0.25) is 0 Å². The van der Waals surface area contributed by atoms with Gasteiger partial charge in [-0.3, -0.25) is 25.2 Å². The third-order valence-electron chi connectivity index (χ3n) is 4.87. The lowest BCUT2D eigenvalue weighted by molar-refractivity contribution is -0.123. The number of carbonyl (C=O) groups is 3. The van der Waals surface area contributed by atoms with E-state index in [1.807, 2.05) is 24.3 Å². The third kappa shape index (κ3) is 4.84. The number of para-hydroxylation sites is 1. The first-order valence-electron chi connectivity index (χ1n) is 9.76. The summed E-state index contributed by atoms with van der Waals surface area (Å²) >= 11 is 1.24. The second-order valence-corrected chi connectivity index (χ2v) is 7.96. The SMILES string of the molecule is O=C(NC(Cc1c[nH]c2ccccc12)C(=O)NNC(=O)c1cccs1)c1ccc(F)cc1. The van der Waals surface area contributed by atoms with E-state index in [2.05, 4.69) is 21.2 Å². The van der Waals surface area contributed by atoms with Crippen LogP contribution in [0.1, 0.15) is 25.6 Å². The van der Waals surface area contributed by atoms with Gasteiger partial charge >= 0.3 is 0 Å². The number of fused-ring (bicyclic) bond motifs is 1. The summed E-state index contributed by atoms with van der Waals surface area (Å²) in [6.07, 6.45) is 1.96. The van der Waals surface area contributed by atoms with Crippen LogP contribution in [0.25, 0.3) is 10.9 Å². The number of aromatic nitrogens is 1. The maximum atomic E-state index is 13.2. The third-order valence-corrected chi connectivity index (χ3v) is 5.74. The average Bonchev–Trinajstić information content (AvgIpc) is 3.48. The zero-order valence-corrected chi connectivity index (χ0v) is 17.5. The number of halogens is 1. The van der Waals surface area contributed by atoms with Gasteiger partial charge in [0, 0.05) is 29.1 Å². The van der Waals surface area contributed by atoms with Crippen molar-refractivity contribution in [3.8, 4) is 0 Å². The van der Waals surface area contributed by atoms with Crippen LogP contribution in [0, 0.1) is 5.82 Å². The lowest BCUT2D eigenvalue weighted by atomic mass is 10.0. The Kier molecular flexibility index (Phi) is 6.27. The van der Waals surface area contributed by atoms with Crippen LogP contribution in [-0.2, 0) is 11.2 Å². The largest absolute Gasteiger partial charge is 0.361 e. The molecular weight excluding hydrogens is 431 g/mol. The van der Waals surface area contributed by atoms with E-state index in [9.17, 15) is 18.8 Å². The summed E-state index contributed by atoms with van der Waals surface area (Å²) in [4.78, 5) is 41.3. The first-order valence-corrected chi connectivity index (χ1v) is 10.6. The maximum Gasteiger partial charge on any atom is 0.279 e.